The molecular formula is C24H16F4. The minimum Gasteiger partial charge on any atom is -0.203 e. The lowest BCUT2D eigenvalue weighted by molar-refractivity contribution is 0.383. The van der Waals surface area contributed by atoms with Crippen molar-refractivity contribution in [2.75, 3.05) is 0 Å². The van der Waals surface area contributed by atoms with Crippen LogP contribution in [0.5, 0.6) is 0 Å². The van der Waals surface area contributed by atoms with E-state index in [0.29, 0.717) is 0 Å². The van der Waals surface area contributed by atoms with Crippen LogP contribution in [0.15, 0.2) is 60.2 Å². The SMILES string of the molecule is C/C=C(/C)C12c3ccccc3C(c3ccccc31)c1c(F)c(F)c(F)c(F)c12. The molecule has 6 rings (SSSR count). The highest BCUT2D eigenvalue weighted by Crippen LogP contribution is 2.62. The molecule has 0 nitrogen and oxygen atoms in total. The summed E-state index contributed by atoms with van der Waals surface area (Å²) in [4.78, 5) is 0. The molecule has 3 aliphatic rings. The van der Waals surface area contributed by atoms with Gasteiger partial charge in [0.1, 0.15) is 0 Å². The average Bonchev–Trinajstić information content (AvgIpc) is 2.74. The number of rotatable bonds is 1. The number of benzene rings is 3. The molecule has 0 radical (unpaired) electrons. The fourth-order valence-electron chi connectivity index (χ4n) is 5.20. The molecule has 0 amide bonds. The molecule has 140 valence electrons. The maximum absolute atomic E-state index is 15.3. The molecule has 0 heterocycles. The summed E-state index contributed by atoms with van der Waals surface area (Å²) < 4.78 is 59.1. The van der Waals surface area contributed by atoms with Crippen molar-refractivity contribution in [3.05, 3.63) is 117 Å². The summed E-state index contributed by atoms with van der Waals surface area (Å²) in [6, 6.07) is 14.8. The van der Waals surface area contributed by atoms with Crippen LogP contribution < -0.4 is 0 Å². The van der Waals surface area contributed by atoms with Gasteiger partial charge in [-0.2, -0.15) is 0 Å². The van der Waals surface area contributed by atoms with Gasteiger partial charge in [-0.1, -0.05) is 60.2 Å². The topological polar surface area (TPSA) is 0 Å². The monoisotopic (exact) mass is 380 g/mol. The molecule has 0 spiro atoms. The largest absolute Gasteiger partial charge is 0.203 e. The zero-order valence-electron chi connectivity index (χ0n) is 15.3. The normalized spacial score (nSPS) is 21.9. The Balaban J connectivity index is 2.10. The van der Waals surface area contributed by atoms with Crippen LogP contribution in [-0.4, -0.2) is 0 Å². The van der Waals surface area contributed by atoms with E-state index in [0.717, 1.165) is 27.8 Å². The summed E-state index contributed by atoms with van der Waals surface area (Å²) in [5.41, 5.74) is 2.47. The van der Waals surface area contributed by atoms with Crippen molar-refractivity contribution >= 4 is 0 Å². The Labute approximate surface area is 160 Å². The summed E-state index contributed by atoms with van der Waals surface area (Å²) in [5.74, 6) is -6.83. The molecule has 0 aliphatic heterocycles. The Morgan fingerprint density at radius 1 is 0.786 bits per heavy atom. The maximum atomic E-state index is 15.3. The van der Waals surface area contributed by atoms with Gasteiger partial charge in [0.15, 0.2) is 23.3 Å². The van der Waals surface area contributed by atoms with Crippen LogP contribution >= 0.6 is 0 Å². The smallest absolute Gasteiger partial charge is 0.197 e. The van der Waals surface area contributed by atoms with Crippen LogP contribution in [-0.2, 0) is 5.41 Å². The van der Waals surface area contributed by atoms with Crippen molar-refractivity contribution in [1.29, 1.82) is 0 Å². The molecule has 4 heteroatoms. The third-order valence-corrected chi connectivity index (χ3v) is 6.34. The van der Waals surface area contributed by atoms with E-state index in [1.54, 1.807) is 0 Å². The van der Waals surface area contributed by atoms with Crippen LogP contribution in [0.2, 0.25) is 0 Å². The van der Waals surface area contributed by atoms with Crippen molar-refractivity contribution in [1.82, 2.24) is 0 Å². The van der Waals surface area contributed by atoms with Gasteiger partial charge in [0.05, 0.1) is 5.41 Å². The molecule has 0 atom stereocenters. The van der Waals surface area contributed by atoms with Gasteiger partial charge in [-0.15, -0.1) is 0 Å². The third-order valence-electron chi connectivity index (χ3n) is 6.34. The quantitative estimate of drug-likeness (QED) is 0.200. The molecule has 3 aromatic rings. The Hall–Kier alpha value is -2.88. The van der Waals surface area contributed by atoms with E-state index in [1.807, 2.05) is 68.5 Å². The second-order valence-electron chi connectivity index (χ2n) is 7.37. The second kappa shape index (κ2) is 5.57. The van der Waals surface area contributed by atoms with E-state index < -0.39 is 34.6 Å². The molecule has 0 saturated heterocycles. The van der Waals surface area contributed by atoms with Crippen LogP contribution in [0, 0.1) is 23.3 Å². The molecule has 0 fully saturated rings. The summed E-state index contributed by atoms with van der Waals surface area (Å²) >= 11 is 0. The highest BCUT2D eigenvalue weighted by molar-refractivity contribution is 5.76. The molecule has 28 heavy (non-hydrogen) atoms. The number of allylic oxidation sites excluding steroid dienone is 2. The molecular weight excluding hydrogens is 364 g/mol. The molecule has 3 aliphatic carbocycles. The van der Waals surface area contributed by atoms with E-state index in [9.17, 15) is 8.78 Å². The summed E-state index contributed by atoms with van der Waals surface area (Å²) in [6.45, 7) is 3.63. The first-order valence-corrected chi connectivity index (χ1v) is 9.14. The fraction of sp³-hybridized carbons (Fsp3) is 0.167. The van der Waals surface area contributed by atoms with Gasteiger partial charge in [-0.3, -0.25) is 0 Å². The van der Waals surface area contributed by atoms with Gasteiger partial charge < -0.3 is 0 Å². The Morgan fingerprint density at radius 2 is 1.29 bits per heavy atom. The summed E-state index contributed by atoms with van der Waals surface area (Å²) in [5, 5.41) is 0. The van der Waals surface area contributed by atoms with Gasteiger partial charge in [0.2, 0.25) is 0 Å². The summed E-state index contributed by atoms with van der Waals surface area (Å²) in [7, 11) is 0. The number of hydrogen-bond donors (Lipinski definition) is 0. The predicted octanol–water partition coefficient (Wildman–Crippen LogP) is 6.35. The van der Waals surface area contributed by atoms with Crippen molar-refractivity contribution in [2.45, 2.75) is 25.2 Å². The lowest BCUT2D eigenvalue weighted by atomic mass is 9.50. The van der Waals surface area contributed by atoms with Gasteiger partial charge >= 0.3 is 0 Å². The predicted molar refractivity (Wildman–Crippen MR) is 99.4 cm³/mol. The first kappa shape index (κ1) is 17.2. The third kappa shape index (κ3) is 1.72. The van der Waals surface area contributed by atoms with Crippen molar-refractivity contribution < 1.29 is 17.6 Å². The lowest BCUT2D eigenvalue weighted by Crippen LogP contribution is -2.45. The van der Waals surface area contributed by atoms with E-state index in [-0.39, 0.29) is 11.1 Å². The van der Waals surface area contributed by atoms with Gasteiger partial charge in [-0.05, 0) is 36.1 Å². The zero-order valence-corrected chi connectivity index (χ0v) is 15.3. The zero-order chi connectivity index (χ0) is 19.8. The van der Waals surface area contributed by atoms with Crippen LogP contribution in [0.4, 0.5) is 17.6 Å². The minimum absolute atomic E-state index is 0.102. The average molecular weight is 380 g/mol. The van der Waals surface area contributed by atoms with E-state index in [2.05, 4.69) is 0 Å². The van der Waals surface area contributed by atoms with E-state index in [4.69, 9.17) is 0 Å². The molecule has 0 aromatic heterocycles. The summed E-state index contributed by atoms with van der Waals surface area (Å²) in [6.07, 6.45) is 1.82. The standard InChI is InChI=1S/C24H16F4/c1-3-12(2)24-15-10-6-4-8-13(15)17(14-9-5-7-11-16(14)24)18-19(24)21(26)23(28)22(27)20(18)25/h3-11,17H,1-2H3/b12-3-. The Bertz CT molecular complexity index is 1140. The Kier molecular flexibility index (Phi) is 3.43. The molecule has 2 bridgehead atoms. The molecule has 0 unspecified atom stereocenters. The van der Waals surface area contributed by atoms with Crippen molar-refractivity contribution in [2.24, 2.45) is 0 Å². The highest BCUT2D eigenvalue weighted by atomic mass is 19.2. The minimum atomic E-state index is -1.76. The van der Waals surface area contributed by atoms with Crippen LogP contribution in [0.3, 0.4) is 0 Å². The van der Waals surface area contributed by atoms with Gasteiger partial charge in [0, 0.05) is 17.0 Å². The van der Waals surface area contributed by atoms with Crippen molar-refractivity contribution in [3.63, 3.8) is 0 Å². The lowest BCUT2D eigenvalue weighted by Gasteiger charge is -2.51. The second-order valence-corrected chi connectivity index (χ2v) is 7.37. The molecule has 0 saturated carbocycles. The van der Waals surface area contributed by atoms with Crippen LogP contribution in [0.1, 0.15) is 53.1 Å². The first-order valence-electron chi connectivity index (χ1n) is 9.14. The maximum Gasteiger partial charge on any atom is 0.197 e. The number of halogens is 4. The Morgan fingerprint density at radius 3 is 1.82 bits per heavy atom. The van der Waals surface area contributed by atoms with E-state index in [1.165, 1.54) is 0 Å². The van der Waals surface area contributed by atoms with Crippen LogP contribution in [0.25, 0.3) is 0 Å². The van der Waals surface area contributed by atoms with Gasteiger partial charge in [-0.25, -0.2) is 17.6 Å². The van der Waals surface area contributed by atoms with E-state index >= 15 is 8.78 Å². The highest BCUT2D eigenvalue weighted by Gasteiger charge is 2.56. The molecule has 0 N–H and O–H groups in total. The fourth-order valence-corrected chi connectivity index (χ4v) is 5.20. The van der Waals surface area contributed by atoms with Crippen molar-refractivity contribution in [3.8, 4) is 0 Å². The molecule has 3 aromatic carbocycles. The number of hydrogen-bond acceptors (Lipinski definition) is 0. The van der Waals surface area contributed by atoms with Gasteiger partial charge in [0.25, 0.3) is 0 Å². The first-order chi connectivity index (χ1) is 13.5.